The number of hydrogen-bond donors (Lipinski definition) is 1. The zero-order valence-electron chi connectivity index (χ0n) is 16.1. The summed E-state index contributed by atoms with van der Waals surface area (Å²) in [7, 11) is 1.65. The summed E-state index contributed by atoms with van der Waals surface area (Å²) in [5.41, 5.74) is 0.975. The number of methoxy groups -OCH3 is 1. The van der Waals surface area contributed by atoms with Crippen molar-refractivity contribution < 1.29 is 14.3 Å². The standard InChI is InChI=1S/C20H26N4O3S/c1-26-15-9-7-14(8-10-15)18-22-23-20(24(18)13-16-5-4-12-27-16)28-17-6-2-3-11-21-19(17)25/h7-10,16-17H,2-6,11-13H2,1H3,(H,21,25)/t16-,17-/m1/s1. The lowest BCUT2D eigenvalue weighted by Gasteiger charge is -2.17. The Morgan fingerprint density at radius 2 is 2.07 bits per heavy atom. The second kappa shape index (κ2) is 8.96. The highest BCUT2D eigenvalue weighted by atomic mass is 32.2. The third-order valence-corrected chi connectivity index (χ3v) is 6.45. The van der Waals surface area contributed by atoms with E-state index >= 15 is 0 Å². The molecule has 150 valence electrons. The number of nitrogens with zero attached hydrogens (tertiary/aromatic N) is 3. The minimum atomic E-state index is -0.126. The topological polar surface area (TPSA) is 78.3 Å². The van der Waals surface area contributed by atoms with Crippen LogP contribution in [0.5, 0.6) is 5.75 Å². The van der Waals surface area contributed by atoms with Gasteiger partial charge in [0.1, 0.15) is 5.75 Å². The van der Waals surface area contributed by atoms with Crippen LogP contribution in [0.4, 0.5) is 0 Å². The maximum atomic E-state index is 12.4. The Morgan fingerprint density at radius 3 is 2.82 bits per heavy atom. The average Bonchev–Trinajstić information content (AvgIpc) is 3.32. The SMILES string of the molecule is COc1ccc(-c2nnc(S[C@@H]3CCCCNC3=O)n2C[C@H]2CCCO2)cc1. The first-order chi connectivity index (χ1) is 13.7. The van der Waals surface area contributed by atoms with Gasteiger partial charge < -0.3 is 14.8 Å². The quantitative estimate of drug-likeness (QED) is 0.801. The molecule has 0 unspecified atom stereocenters. The molecule has 7 nitrogen and oxygen atoms in total. The van der Waals surface area contributed by atoms with Crippen molar-refractivity contribution in [3.63, 3.8) is 0 Å². The summed E-state index contributed by atoms with van der Waals surface area (Å²) in [6.07, 6.45) is 5.22. The van der Waals surface area contributed by atoms with Crippen LogP contribution in [-0.2, 0) is 16.1 Å². The smallest absolute Gasteiger partial charge is 0.233 e. The lowest BCUT2D eigenvalue weighted by atomic mass is 10.2. The summed E-state index contributed by atoms with van der Waals surface area (Å²) in [4.78, 5) is 12.4. The Balaban J connectivity index is 1.62. The number of aromatic nitrogens is 3. The number of carbonyl (C=O) groups is 1. The fourth-order valence-corrected chi connectivity index (χ4v) is 4.74. The van der Waals surface area contributed by atoms with E-state index in [9.17, 15) is 4.79 Å². The lowest BCUT2D eigenvalue weighted by Crippen LogP contribution is -2.31. The van der Waals surface area contributed by atoms with E-state index in [0.717, 1.165) is 67.5 Å². The average molecular weight is 403 g/mol. The molecule has 2 aromatic rings. The van der Waals surface area contributed by atoms with Crippen LogP contribution >= 0.6 is 11.8 Å². The van der Waals surface area contributed by atoms with Crippen molar-refractivity contribution in [1.82, 2.24) is 20.1 Å². The Kier molecular flexibility index (Phi) is 6.17. The third-order valence-electron chi connectivity index (χ3n) is 5.21. The van der Waals surface area contributed by atoms with Gasteiger partial charge in [-0.25, -0.2) is 0 Å². The van der Waals surface area contributed by atoms with Gasteiger partial charge in [-0.3, -0.25) is 9.36 Å². The zero-order chi connectivity index (χ0) is 19.3. The van der Waals surface area contributed by atoms with E-state index in [0.29, 0.717) is 6.54 Å². The molecule has 1 aromatic carbocycles. The van der Waals surface area contributed by atoms with Crippen LogP contribution in [0.25, 0.3) is 11.4 Å². The van der Waals surface area contributed by atoms with E-state index in [2.05, 4.69) is 20.1 Å². The van der Waals surface area contributed by atoms with Crippen molar-refractivity contribution in [2.24, 2.45) is 0 Å². The summed E-state index contributed by atoms with van der Waals surface area (Å²) in [5.74, 6) is 1.70. The Morgan fingerprint density at radius 1 is 1.21 bits per heavy atom. The van der Waals surface area contributed by atoms with E-state index in [1.807, 2.05) is 24.3 Å². The maximum absolute atomic E-state index is 12.4. The van der Waals surface area contributed by atoms with Crippen LogP contribution in [0, 0.1) is 0 Å². The lowest BCUT2D eigenvalue weighted by molar-refractivity contribution is -0.120. The molecular weight excluding hydrogens is 376 g/mol. The third kappa shape index (κ3) is 4.33. The molecule has 0 radical (unpaired) electrons. The molecule has 1 aromatic heterocycles. The van der Waals surface area contributed by atoms with Gasteiger partial charge in [0.15, 0.2) is 11.0 Å². The number of ether oxygens (including phenoxy) is 2. The summed E-state index contributed by atoms with van der Waals surface area (Å²) >= 11 is 1.52. The minimum Gasteiger partial charge on any atom is -0.497 e. The molecule has 0 spiro atoms. The van der Waals surface area contributed by atoms with E-state index in [1.54, 1.807) is 7.11 Å². The first kappa shape index (κ1) is 19.3. The van der Waals surface area contributed by atoms with Crippen molar-refractivity contribution >= 4 is 17.7 Å². The van der Waals surface area contributed by atoms with Gasteiger partial charge in [-0.1, -0.05) is 18.2 Å². The minimum absolute atomic E-state index is 0.0974. The molecule has 2 aliphatic rings. The Labute approximate surface area is 169 Å². The molecule has 28 heavy (non-hydrogen) atoms. The fraction of sp³-hybridized carbons (Fsp3) is 0.550. The summed E-state index contributed by atoms with van der Waals surface area (Å²) < 4.78 is 13.2. The van der Waals surface area contributed by atoms with Crippen LogP contribution < -0.4 is 10.1 Å². The summed E-state index contributed by atoms with van der Waals surface area (Å²) in [5, 5.41) is 12.6. The molecule has 8 heteroatoms. The summed E-state index contributed by atoms with van der Waals surface area (Å²) in [6, 6.07) is 7.82. The largest absolute Gasteiger partial charge is 0.497 e. The molecule has 0 bridgehead atoms. The van der Waals surface area contributed by atoms with E-state index in [-0.39, 0.29) is 17.3 Å². The van der Waals surface area contributed by atoms with E-state index < -0.39 is 0 Å². The first-order valence-corrected chi connectivity index (χ1v) is 10.8. The maximum Gasteiger partial charge on any atom is 0.233 e. The van der Waals surface area contributed by atoms with Gasteiger partial charge in [-0.2, -0.15) is 0 Å². The molecule has 4 rings (SSSR count). The fourth-order valence-electron chi connectivity index (χ4n) is 3.64. The molecule has 3 heterocycles. The second-order valence-corrected chi connectivity index (χ2v) is 8.34. The predicted octanol–water partition coefficient (Wildman–Crippen LogP) is 2.89. The van der Waals surface area contributed by atoms with Crippen LogP contribution in [0.1, 0.15) is 32.1 Å². The summed E-state index contributed by atoms with van der Waals surface area (Å²) in [6.45, 7) is 2.26. The highest BCUT2D eigenvalue weighted by Gasteiger charge is 2.27. The van der Waals surface area contributed by atoms with Crippen molar-refractivity contribution in [2.75, 3.05) is 20.3 Å². The van der Waals surface area contributed by atoms with Crippen LogP contribution in [-0.4, -0.2) is 52.3 Å². The van der Waals surface area contributed by atoms with Crippen LogP contribution in [0.2, 0.25) is 0 Å². The zero-order valence-corrected chi connectivity index (χ0v) is 16.9. The van der Waals surface area contributed by atoms with Gasteiger partial charge in [0.2, 0.25) is 5.91 Å². The molecule has 2 saturated heterocycles. The van der Waals surface area contributed by atoms with Gasteiger partial charge in [-0.15, -0.1) is 10.2 Å². The normalized spacial score (nSPS) is 22.7. The van der Waals surface area contributed by atoms with E-state index in [1.165, 1.54) is 11.8 Å². The van der Waals surface area contributed by atoms with Crippen molar-refractivity contribution in [3.8, 4) is 17.1 Å². The van der Waals surface area contributed by atoms with Gasteiger partial charge in [0.05, 0.1) is 25.0 Å². The number of benzene rings is 1. The van der Waals surface area contributed by atoms with Gasteiger partial charge in [0, 0.05) is 18.7 Å². The number of amides is 1. The van der Waals surface area contributed by atoms with Crippen LogP contribution in [0.3, 0.4) is 0 Å². The molecule has 1 N–H and O–H groups in total. The molecule has 2 fully saturated rings. The number of carbonyl (C=O) groups excluding carboxylic acids is 1. The van der Waals surface area contributed by atoms with Gasteiger partial charge in [-0.05, 0) is 49.9 Å². The number of thioether (sulfide) groups is 1. The van der Waals surface area contributed by atoms with E-state index in [4.69, 9.17) is 9.47 Å². The molecule has 0 aliphatic carbocycles. The molecule has 2 atom stereocenters. The van der Waals surface area contributed by atoms with Crippen molar-refractivity contribution in [3.05, 3.63) is 24.3 Å². The predicted molar refractivity (Wildman–Crippen MR) is 107 cm³/mol. The number of nitrogens with one attached hydrogen (secondary N) is 1. The first-order valence-electron chi connectivity index (χ1n) is 9.88. The van der Waals surface area contributed by atoms with Gasteiger partial charge >= 0.3 is 0 Å². The molecule has 1 amide bonds. The number of rotatable bonds is 6. The van der Waals surface area contributed by atoms with Crippen LogP contribution in [0.15, 0.2) is 29.4 Å². The highest BCUT2D eigenvalue weighted by molar-refractivity contribution is 8.00. The van der Waals surface area contributed by atoms with Gasteiger partial charge in [0.25, 0.3) is 0 Å². The highest BCUT2D eigenvalue weighted by Crippen LogP contribution is 2.31. The molecular formula is C20H26N4O3S. The second-order valence-electron chi connectivity index (χ2n) is 7.17. The van der Waals surface area contributed by atoms with Crippen molar-refractivity contribution in [2.45, 2.75) is 55.2 Å². The Hall–Kier alpha value is -2.06. The molecule has 2 aliphatic heterocycles. The monoisotopic (exact) mass is 402 g/mol. The molecule has 0 saturated carbocycles. The number of hydrogen-bond acceptors (Lipinski definition) is 6. The Bertz CT molecular complexity index is 802. The van der Waals surface area contributed by atoms with Crippen molar-refractivity contribution in [1.29, 1.82) is 0 Å².